The van der Waals surface area contributed by atoms with Gasteiger partial charge < -0.3 is 20.0 Å². The molecule has 0 aliphatic carbocycles. The Kier molecular flexibility index (Phi) is 6.14. The zero-order valence-electron chi connectivity index (χ0n) is 17.2. The van der Waals surface area contributed by atoms with Crippen molar-refractivity contribution in [2.45, 2.75) is 25.8 Å². The Bertz CT molecular complexity index is 974. The van der Waals surface area contributed by atoms with Crippen molar-refractivity contribution in [3.8, 4) is 0 Å². The summed E-state index contributed by atoms with van der Waals surface area (Å²) in [5.74, 6) is 0.843. The lowest BCUT2D eigenvalue weighted by atomic mass is 9.96. The number of furan rings is 1. The van der Waals surface area contributed by atoms with Crippen molar-refractivity contribution in [1.29, 1.82) is 0 Å². The number of likely N-dealkylation sites (tertiary alicyclic amines) is 1. The second-order valence-corrected chi connectivity index (χ2v) is 8.03. The molecule has 1 saturated heterocycles. The average molecular weight is 407 g/mol. The van der Waals surface area contributed by atoms with E-state index in [0.29, 0.717) is 6.54 Å². The smallest absolute Gasteiger partial charge is 0.275 e. The van der Waals surface area contributed by atoms with Gasteiger partial charge in [0.05, 0.1) is 19.1 Å². The summed E-state index contributed by atoms with van der Waals surface area (Å²) >= 11 is 0. The number of amides is 2. The van der Waals surface area contributed by atoms with E-state index in [1.165, 1.54) is 4.90 Å². The highest BCUT2D eigenvalue weighted by Gasteiger charge is 2.29. The number of nitrogens with one attached hydrogen (secondary N) is 3. The van der Waals surface area contributed by atoms with Crippen molar-refractivity contribution >= 4 is 28.5 Å². The van der Waals surface area contributed by atoms with Crippen LogP contribution in [0.1, 0.15) is 31.6 Å². The van der Waals surface area contributed by atoms with Gasteiger partial charge in [-0.1, -0.05) is 36.4 Å². The zero-order valence-corrected chi connectivity index (χ0v) is 17.2. The number of rotatable bonds is 6. The monoisotopic (exact) mass is 406 g/mol. The van der Waals surface area contributed by atoms with E-state index < -0.39 is 0 Å². The Morgan fingerprint density at radius 3 is 2.50 bits per heavy atom. The number of hydrogen-bond acceptors (Lipinski definition) is 3. The van der Waals surface area contributed by atoms with E-state index in [1.807, 2.05) is 67.6 Å². The van der Waals surface area contributed by atoms with E-state index in [2.05, 4.69) is 10.6 Å². The van der Waals surface area contributed by atoms with Gasteiger partial charge in [-0.25, -0.2) is 0 Å². The molecule has 30 heavy (non-hydrogen) atoms. The van der Waals surface area contributed by atoms with Gasteiger partial charge in [0, 0.05) is 29.8 Å². The van der Waals surface area contributed by atoms with E-state index >= 15 is 0 Å². The second kappa shape index (κ2) is 9.13. The molecule has 6 nitrogen and oxygen atoms in total. The molecule has 0 bridgehead atoms. The van der Waals surface area contributed by atoms with Crippen LogP contribution in [0.3, 0.4) is 0 Å². The molecule has 1 fully saturated rings. The maximum absolute atomic E-state index is 12.5. The van der Waals surface area contributed by atoms with Gasteiger partial charge in [0.25, 0.3) is 5.91 Å². The summed E-state index contributed by atoms with van der Waals surface area (Å²) in [5.41, 5.74) is 1.66. The normalized spacial score (nSPS) is 19.9. The highest BCUT2D eigenvalue weighted by atomic mass is 16.3. The van der Waals surface area contributed by atoms with E-state index in [4.69, 9.17) is 4.42 Å². The Hall–Kier alpha value is -3.12. The van der Waals surface area contributed by atoms with Gasteiger partial charge in [-0.15, -0.1) is 0 Å². The van der Waals surface area contributed by atoms with Crippen molar-refractivity contribution in [2.24, 2.45) is 5.92 Å². The molecule has 1 aromatic heterocycles. The second-order valence-electron chi connectivity index (χ2n) is 8.03. The highest BCUT2D eigenvalue weighted by molar-refractivity contribution is 5.92. The largest absolute Gasteiger partial charge is 0.459 e. The van der Waals surface area contributed by atoms with Crippen LogP contribution in [0.15, 0.2) is 65.1 Å². The molecular formula is C24H28N3O3+. The molecule has 4 rings (SSSR count). The first-order chi connectivity index (χ1) is 14.6. The van der Waals surface area contributed by atoms with Crippen molar-refractivity contribution < 1.29 is 18.9 Å². The van der Waals surface area contributed by atoms with Crippen LogP contribution in [0.25, 0.3) is 11.0 Å². The Balaban J connectivity index is 1.23. The minimum absolute atomic E-state index is 0.00476. The molecule has 156 valence electrons. The van der Waals surface area contributed by atoms with Gasteiger partial charge >= 0.3 is 0 Å². The number of hydrogen-bond donors (Lipinski definition) is 3. The summed E-state index contributed by atoms with van der Waals surface area (Å²) in [6.45, 7) is 3.99. The van der Waals surface area contributed by atoms with Gasteiger partial charge in [-0.3, -0.25) is 9.59 Å². The third-order valence-corrected chi connectivity index (χ3v) is 5.76. The van der Waals surface area contributed by atoms with Crippen molar-refractivity contribution in [1.82, 2.24) is 5.32 Å². The highest BCUT2D eigenvalue weighted by Crippen LogP contribution is 2.23. The number of fused-ring (bicyclic) bond motifs is 1. The molecule has 6 heteroatoms. The minimum Gasteiger partial charge on any atom is -0.459 e. The van der Waals surface area contributed by atoms with Crippen LogP contribution < -0.4 is 15.5 Å². The van der Waals surface area contributed by atoms with Crippen LogP contribution in [-0.4, -0.2) is 31.4 Å². The van der Waals surface area contributed by atoms with Crippen molar-refractivity contribution in [3.05, 3.63) is 66.4 Å². The van der Waals surface area contributed by atoms with E-state index in [-0.39, 0.29) is 23.8 Å². The third-order valence-electron chi connectivity index (χ3n) is 5.76. The number of benzene rings is 2. The lowest BCUT2D eigenvalue weighted by Gasteiger charge is -2.28. The lowest BCUT2D eigenvalue weighted by molar-refractivity contribution is -0.897. The maximum Gasteiger partial charge on any atom is 0.275 e. The summed E-state index contributed by atoms with van der Waals surface area (Å²) in [6, 6.07) is 19.2. The molecular weight excluding hydrogens is 378 g/mol. The third kappa shape index (κ3) is 4.89. The molecule has 3 aromatic rings. The molecule has 1 aliphatic rings. The van der Waals surface area contributed by atoms with Gasteiger partial charge in [0.2, 0.25) is 5.91 Å². The quantitative estimate of drug-likeness (QED) is 0.589. The topological polar surface area (TPSA) is 75.8 Å². The average Bonchev–Trinajstić information content (AvgIpc) is 3.19. The Morgan fingerprint density at radius 1 is 1.07 bits per heavy atom. The van der Waals surface area contributed by atoms with Crippen LogP contribution in [-0.2, 0) is 9.59 Å². The Labute approximate surface area is 176 Å². The number of quaternary nitrogens is 1. The molecule has 2 aromatic carbocycles. The van der Waals surface area contributed by atoms with E-state index in [1.54, 1.807) is 0 Å². The maximum atomic E-state index is 12.5. The van der Waals surface area contributed by atoms with Gasteiger partial charge in [0.15, 0.2) is 6.54 Å². The summed E-state index contributed by atoms with van der Waals surface area (Å²) in [7, 11) is 0. The molecule has 1 atom stereocenters. The van der Waals surface area contributed by atoms with E-state index in [9.17, 15) is 9.59 Å². The first-order valence-corrected chi connectivity index (χ1v) is 10.6. The lowest BCUT2D eigenvalue weighted by Crippen LogP contribution is -3.14. The number of carbonyl (C=O) groups excluding carboxylic acids is 2. The summed E-state index contributed by atoms with van der Waals surface area (Å²) in [6.07, 6.45) is 1.58. The molecule has 0 saturated carbocycles. The van der Waals surface area contributed by atoms with Gasteiger partial charge in [-0.2, -0.15) is 0 Å². The first-order valence-electron chi connectivity index (χ1n) is 10.6. The van der Waals surface area contributed by atoms with Crippen molar-refractivity contribution in [2.75, 3.05) is 25.0 Å². The molecule has 0 radical (unpaired) electrons. The van der Waals surface area contributed by atoms with Crippen LogP contribution in [0.5, 0.6) is 0 Å². The summed E-state index contributed by atoms with van der Waals surface area (Å²) in [5, 5.41) is 7.06. The molecule has 2 amide bonds. The minimum atomic E-state index is -0.182. The van der Waals surface area contributed by atoms with Gasteiger partial charge in [0.1, 0.15) is 11.3 Å². The van der Waals surface area contributed by atoms with Crippen LogP contribution in [0.2, 0.25) is 0 Å². The van der Waals surface area contributed by atoms with Crippen LogP contribution in [0, 0.1) is 5.92 Å². The number of para-hydroxylation sites is 2. The predicted octanol–water partition coefficient (Wildman–Crippen LogP) is 2.54. The molecule has 3 N–H and O–H groups in total. The zero-order chi connectivity index (χ0) is 20.9. The first kappa shape index (κ1) is 20.2. The molecule has 2 heterocycles. The van der Waals surface area contributed by atoms with Crippen LogP contribution in [0.4, 0.5) is 5.69 Å². The number of carbonyl (C=O) groups is 2. The SMILES string of the molecule is C[C@H](NC(=O)C[NH+]1CCC(C(=O)Nc2ccccc2)CC1)c1cc2ccccc2o1. The molecule has 0 unspecified atom stereocenters. The van der Waals surface area contributed by atoms with E-state index in [0.717, 1.165) is 48.3 Å². The molecule has 0 spiro atoms. The fourth-order valence-corrected chi connectivity index (χ4v) is 4.04. The summed E-state index contributed by atoms with van der Waals surface area (Å²) < 4.78 is 5.84. The fraction of sp³-hybridized carbons (Fsp3) is 0.333. The predicted molar refractivity (Wildman–Crippen MR) is 116 cm³/mol. The van der Waals surface area contributed by atoms with Crippen molar-refractivity contribution in [3.63, 3.8) is 0 Å². The molecule has 1 aliphatic heterocycles. The standard InChI is InChI=1S/C24H27N3O3/c1-17(22-15-19-7-5-6-10-21(19)30-22)25-23(28)16-27-13-11-18(12-14-27)24(29)26-20-8-3-2-4-9-20/h2-10,15,17-18H,11-14,16H2,1H3,(H,25,28)(H,26,29)/p+1/t17-/m0/s1. The number of piperidine rings is 1. The summed E-state index contributed by atoms with van der Waals surface area (Å²) in [4.78, 5) is 26.2. The Morgan fingerprint density at radius 2 is 1.77 bits per heavy atom. The van der Waals surface area contributed by atoms with Gasteiger partial charge in [-0.05, 0) is 31.2 Å². The van der Waals surface area contributed by atoms with Crippen LogP contribution >= 0.6 is 0 Å². The number of anilines is 1. The fourth-order valence-electron chi connectivity index (χ4n) is 4.04.